The van der Waals surface area contributed by atoms with Crippen LogP contribution in [0, 0.1) is 0 Å². The highest BCUT2D eigenvalue weighted by molar-refractivity contribution is 9.11. The molecule has 2 rings (SSSR count). The Bertz CT molecular complexity index is 653. The van der Waals surface area contributed by atoms with Gasteiger partial charge in [0.25, 0.3) is 0 Å². The molecule has 0 saturated heterocycles. The fraction of sp³-hybridized carbons (Fsp3) is 0.250. The number of amides is 2. The lowest BCUT2D eigenvalue weighted by Crippen LogP contribution is -2.37. The lowest BCUT2D eigenvalue weighted by Gasteiger charge is -2.23. The first-order valence-electron chi connectivity index (χ1n) is 6.99. The largest absolute Gasteiger partial charge is 0.383 e. The van der Waals surface area contributed by atoms with Crippen LogP contribution in [0.2, 0.25) is 0 Å². The number of benzene rings is 1. The number of ether oxygens (including phenoxy) is 1. The number of carbonyl (C=O) groups is 1. The number of hydrogen-bond donors (Lipinski definition) is 1. The normalized spacial score (nSPS) is 10.4. The standard InChI is InChI=1S/C16H17Br2N3O2/c1-23-8-7-21(11-12-3-2-6-19-10-12)16(22)20-15-5-4-13(17)9-14(15)18/h2-6,9-10H,7-8,11H2,1H3,(H,20,22). The monoisotopic (exact) mass is 441 g/mol. The van der Waals surface area contributed by atoms with Crippen LogP contribution in [-0.4, -0.2) is 36.2 Å². The van der Waals surface area contributed by atoms with Gasteiger partial charge in [0.05, 0.1) is 12.3 Å². The molecular weight excluding hydrogens is 426 g/mol. The summed E-state index contributed by atoms with van der Waals surface area (Å²) in [6, 6.07) is 9.21. The summed E-state index contributed by atoms with van der Waals surface area (Å²) in [5.41, 5.74) is 1.68. The first-order chi connectivity index (χ1) is 11.1. The van der Waals surface area contributed by atoms with E-state index in [1.165, 1.54) is 0 Å². The van der Waals surface area contributed by atoms with Gasteiger partial charge in [-0.3, -0.25) is 4.98 Å². The highest BCUT2D eigenvalue weighted by Crippen LogP contribution is 2.26. The van der Waals surface area contributed by atoms with E-state index in [1.54, 1.807) is 24.4 Å². The molecule has 0 aliphatic carbocycles. The quantitative estimate of drug-likeness (QED) is 0.725. The lowest BCUT2D eigenvalue weighted by molar-refractivity contribution is 0.152. The number of carbonyl (C=O) groups excluding carboxylic acids is 1. The Balaban J connectivity index is 2.09. The van der Waals surface area contributed by atoms with Gasteiger partial charge in [0, 0.05) is 41.5 Å². The second-order valence-corrected chi connectivity index (χ2v) is 6.60. The number of rotatable bonds is 6. The second-order valence-electron chi connectivity index (χ2n) is 4.83. The molecule has 0 aliphatic heterocycles. The highest BCUT2D eigenvalue weighted by atomic mass is 79.9. The molecule has 23 heavy (non-hydrogen) atoms. The average molecular weight is 443 g/mol. The zero-order valence-corrected chi connectivity index (χ0v) is 15.8. The number of nitrogens with one attached hydrogen (secondary N) is 1. The van der Waals surface area contributed by atoms with Crippen LogP contribution in [0.4, 0.5) is 10.5 Å². The predicted octanol–water partition coefficient (Wildman–Crippen LogP) is 4.29. The molecule has 0 fully saturated rings. The van der Waals surface area contributed by atoms with Crippen molar-refractivity contribution in [3.8, 4) is 0 Å². The third kappa shape index (κ3) is 5.60. The molecule has 2 aromatic rings. The Morgan fingerprint density at radius 2 is 2.17 bits per heavy atom. The molecule has 122 valence electrons. The number of urea groups is 1. The summed E-state index contributed by atoms with van der Waals surface area (Å²) in [6.07, 6.45) is 3.46. The summed E-state index contributed by atoms with van der Waals surface area (Å²) in [5.74, 6) is 0. The molecule has 0 unspecified atom stereocenters. The number of aromatic nitrogens is 1. The zero-order chi connectivity index (χ0) is 16.7. The summed E-state index contributed by atoms with van der Waals surface area (Å²) in [7, 11) is 1.62. The van der Waals surface area contributed by atoms with E-state index in [-0.39, 0.29) is 6.03 Å². The molecule has 1 heterocycles. The van der Waals surface area contributed by atoms with Gasteiger partial charge in [-0.25, -0.2) is 4.79 Å². The van der Waals surface area contributed by atoms with E-state index in [4.69, 9.17) is 4.74 Å². The summed E-state index contributed by atoms with van der Waals surface area (Å²) in [6.45, 7) is 1.43. The third-order valence-corrected chi connectivity index (χ3v) is 4.27. The van der Waals surface area contributed by atoms with Crippen LogP contribution in [-0.2, 0) is 11.3 Å². The van der Waals surface area contributed by atoms with Gasteiger partial charge in [0.15, 0.2) is 0 Å². The van der Waals surface area contributed by atoms with Crippen molar-refractivity contribution in [3.05, 3.63) is 57.2 Å². The van der Waals surface area contributed by atoms with Crippen molar-refractivity contribution in [1.82, 2.24) is 9.88 Å². The van der Waals surface area contributed by atoms with Crippen molar-refractivity contribution in [2.45, 2.75) is 6.54 Å². The number of halogens is 2. The van der Waals surface area contributed by atoms with Crippen LogP contribution in [0.15, 0.2) is 51.7 Å². The molecular formula is C16H17Br2N3O2. The molecule has 2 amide bonds. The molecule has 1 aromatic heterocycles. The molecule has 1 aromatic carbocycles. The van der Waals surface area contributed by atoms with E-state index in [0.717, 1.165) is 14.5 Å². The van der Waals surface area contributed by atoms with Gasteiger partial charge < -0.3 is 15.0 Å². The van der Waals surface area contributed by atoms with Crippen molar-refractivity contribution >= 4 is 43.6 Å². The molecule has 0 saturated carbocycles. The van der Waals surface area contributed by atoms with Crippen LogP contribution in [0.3, 0.4) is 0 Å². The van der Waals surface area contributed by atoms with Crippen molar-refractivity contribution in [3.63, 3.8) is 0 Å². The van der Waals surface area contributed by atoms with E-state index in [0.29, 0.717) is 25.4 Å². The minimum absolute atomic E-state index is 0.186. The van der Waals surface area contributed by atoms with Crippen LogP contribution in [0.5, 0.6) is 0 Å². The summed E-state index contributed by atoms with van der Waals surface area (Å²) >= 11 is 6.84. The Kier molecular flexibility index (Phi) is 7.01. The van der Waals surface area contributed by atoms with Crippen LogP contribution < -0.4 is 5.32 Å². The number of pyridine rings is 1. The van der Waals surface area contributed by atoms with Crippen LogP contribution in [0.1, 0.15) is 5.56 Å². The van der Waals surface area contributed by atoms with Gasteiger partial charge in [0.1, 0.15) is 0 Å². The maximum atomic E-state index is 12.6. The smallest absolute Gasteiger partial charge is 0.322 e. The molecule has 0 bridgehead atoms. The van der Waals surface area contributed by atoms with Gasteiger partial charge in [0.2, 0.25) is 0 Å². The number of methoxy groups -OCH3 is 1. The molecule has 0 aliphatic rings. The number of nitrogens with zero attached hydrogens (tertiary/aromatic N) is 2. The Hall–Kier alpha value is -1.44. The lowest BCUT2D eigenvalue weighted by atomic mass is 10.2. The van der Waals surface area contributed by atoms with Gasteiger partial charge in [-0.1, -0.05) is 22.0 Å². The third-order valence-electron chi connectivity index (χ3n) is 3.12. The molecule has 1 N–H and O–H groups in total. The SMILES string of the molecule is COCCN(Cc1cccnc1)C(=O)Nc1ccc(Br)cc1Br. The maximum Gasteiger partial charge on any atom is 0.322 e. The van der Waals surface area contributed by atoms with Crippen molar-refractivity contribution in [2.75, 3.05) is 25.6 Å². The molecule has 0 spiro atoms. The first kappa shape index (κ1) is 17.9. The topological polar surface area (TPSA) is 54.5 Å². The first-order valence-corrected chi connectivity index (χ1v) is 8.57. The minimum atomic E-state index is -0.186. The van der Waals surface area contributed by atoms with Crippen LogP contribution >= 0.6 is 31.9 Å². The molecule has 5 nitrogen and oxygen atoms in total. The number of hydrogen-bond acceptors (Lipinski definition) is 3. The Morgan fingerprint density at radius 3 is 2.83 bits per heavy atom. The summed E-state index contributed by atoms with van der Waals surface area (Å²) < 4.78 is 6.85. The minimum Gasteiger partial charge on any atom is -0.383 e. The van der Waals surface area contributed by atoms with Crippen molar-refractivity contribution in [1.29, 1.82) is 0 Å². The molecule has 7 heteroatoms. The van der Waals surface area contributed by atoms with E-state index < -0.39 is 0 Å². The van der Waals surface area contributed by atoms with Crippen molar-refractivity contribution < 1.29 is 9.53 Å². The van der Waals surface area contributed by atoms with Gasteiger partial charge in [-0.15, -0.1) is 0 Å². The van der Waals surface area contributed by atoms with Crippen LogP contribution in [0.25, 0.3) is 0 Å². The van der Waals surface area contributed by atoms with Crippen molar-refractivity contribution in [2.24, 2.45) is 0 Å². The maximum absolute atomic E-state index is 12.6. The van der Waals surface area contributed by atoms with Gasteiger partial charge in [-0.2, -0.15) is 0 Å². The molecule has 0 atom stereocenters. The summed E-state index contributed by atoms with van der Waals surface area (Å²) in [4.78, 5) is 18.3. The average Bonchev–Trinajstić information content (AvgIpc) is 2.55. The highest BCUT2D eigenvalue weighted by Gasteiger charge is 2.15. The Labute approximate surface area is 152 Å². The van der Waals surface area contributed by atoms with E-state index in [2.05, 4.69) is 42.2 Å². The second kappa shape index (κ2) is 9.00. The predicted molar refractivity (Wildman–Crippen MR) is 97.4 cm³/mol. The fourth-order valence-electron chi connectivity index (χ4n) is 1.95. The van der Waals surface area contributed by atoms with Gasteiger partial charge >= 0.3 is 6.03 Å². The fourth-order valence-corrected chi connectivity index (χ4v) is 3.10. The number of anilines is 1. The van der Waals surface area contributed by atoms with E-state index in [1.807, 2.05) is 30.3 Å². The molecule has 0 radical (unpaired) electrons. The zero-order valence-electron chi connectivity index (χ0n) is 12.6. The Morgan fingerprint density at radius 1 is 1.35 bits per heavy atom. The summed E-state index contributed by atoms with van der Waals surface area (Å²) in [5, 5.41) is 2.91. The van der Waals surface area contributed by atoms with Gasteiger partial charge in [-0.05, 0) is 45.8 Å². The van der Waals surface area contributed by atoms with E-state index >= 15 is 0 Å². The van der Waals surface area contributed by atoms with E-state index in [9.17, 15) is 4.79 Å².